The van der Waals surface area contributed by atoms with Crippen molar-refractivity contribution in [1.29, 1.82) is 0 Å². The SMILES string of the molecule is O=C1CCC2CNCCC2N1Cc1nccs1. The zero-order valence-electron chi connectivity index (χ0n) is 9.76. The molecule has 1 amide bonds. The molecule has 0 spiro atoms. The summed E-state index contributed by atoms with van der Waals surface area (Å²) in [5.41, 5.74) is 0. The van der Waals surface area contributed by atoms with Crippen LogP contribution in [0.1, 0.15) is 24.3 Å². The number of nitrogens with zero attached hydrogens (tertiary/aromatic N) is 2. The summed E-state index contributed by atoms with van der Waals surface area (Å²) in [6.07, 6.45) is 4.65. The molecule has 2 aliphatic heterocycles. The number of fused-ring (bicyclic) bond motifs is 1. The van der Waals surface area contributed by atoms with E-state index < -0.39 is 0 Å². The van der Waals surface area contributed by atoms with Crippen molar-refractivity contribution in [2.24, 2.45) is 5.92 Å². The van der Waals surface area contributed by atoms with Crippen LogP contribution in [0.5, 0.6) is 0 Å². The van der Waals surface area contributed by atoms with E-state index in [-0.39, 0.29) is 0 Å². The van der Waals surface area contributed by atoms with E-state index in [4.69, 9.17) is 0 Å². The molecule has 0 radical (unpaired) electrons. The Morgan fingerprint density at radius 1 is 1.53 bits per heavy atom. The summed E-state index contributed by atoms with van der Waals surface area (Å²) < 4.78 is 0. The van der Waals surface area contributed by atoms with Crippen LogP contribution in [0.3, 0.4) is 0 Å². The molecule has 1 aromatic heterocycles. The maximum absolute atomic E-state index is 12.1. The predicted molar refractivity (Wildman–Crippen MR) is 66.7 cm³/mol. The van der Waals surface area contributed by atoms with Crippen LogP contribution < -0.4 is 5.32 Å². The standard InChI is InChI=1S/C12H17N3OS/c16-12-2-1-9-7-13-4-3-10(9)15(12)8-11-14-5-6-17-11/h5-6,9-10,13H,1-4,7-8H2. The van der Waals surface area contributed by atoms with Crippen molar-refractivity contribution in [3.05, 3.63) is 16.6 Å². The largest absolute Gasteiger partial charge is 0.333 e. The molecule has 92 valence electrons. The van der Waals surface area contributed by atoms with Gasteiger partial charge in [0, 0.05) is 24.0 Å². The molecule has 3 rings (SSSR count). The minimum atomic E-state index is 0.309. The molecular formula is C12H17N3OS. The van der Waals surface area contributed by atoms with Crippen LogP contribution in [-0.4, -0.2) is 34.9 Å². The van der Waals surface area contributed by atoms with E-state index in [1.54, 1.807) is 11.3 Å². The number of nitrogens with one attached hydrogen (secondary N) is 1. The van der Waals surface area contributed by atoms with Crippen LogP contribution in [0.25, 0.3) is 0 Å². The fraction of sp³-hybridized carbons (Fsp3) is 0.667. The number of aromatic nitrogens is 1. The number of amides is 1. The minimum Gasteiger partial charge on any atom is -0.333 e. The maximum Gasteiger partial charge on any atom is 0.223 e. The van der Waals surface area contributed by atoms with Gasteiger partial charge in [0.05, 0.1) is 6.54 Å². The highest BCUT2D eigenvalue weighted by Gasteiger charge is 2.37. The molecule has 0 aliphatic carbocycles. The van der Waals surface area contributed by atoms with Gasteiger partial charge < -0.3 is 10.2 Å². The molecule has 2 unspecified atom stereocenters. The Hall–Kier alpha value is -0.940. The molecule has 17 heavy (non-hydrogen) atoms. The van der Waals surface area contributed by atoms with Crippen molar-refractivity contribution in [3.63, 3.8) is 0 Å². The van der Waals surface area contributed by atoms with Crippen molar-refractivity contribution < 1.29 is 4.79 Å². The zero-order valence-corrected chi connectivity index (χ0v) is 10.6. The van der Waals surface area contributed by atoms with Gasteiger partial charge in [-0.3, -0.25) is 4.79 Å². The van der Waals surface area contributed by atoms with Crippen molar-refractivity contribution in [2.75, 3.05) is 13.1 Å². The third kappa shape index (κ3) is 2.21. The van der Waals surface area contributed by atoms with Crippen molar-refractivity contribution in [2.45, 2.75) is 31.8 Å². The van der Waals surface area contributed by atoms with Gasteiger partial charge in [-0.1, -0.05) is 0 Å². The van der Waals surface area contributed by atoms with Crippen molar-refractivity contribution in [1.82, 2.24) is 15.2 Å². The first kappa shape index (κ1) is 11.2. The van der Waals surface area contributed by atoms with Crippen LogP contribution >= 0.6 is 11.3 Å². The minimum absolute atomic E-state index is 0.309. The van der Waals surface area contributed by atoms with E-state index >= 15 is 0 Å². The average Bonchev–Trinajstić information content (AvgIpc) is 2.86. The Kier molecular flexibility index (Phi) is 3.11. The van der Waals surface area contributed by atoms with Gasteiger partial charge in [0.25, 0.3) is 0 Å². The van der Waals surface area contributed by atoms with Crippen LogP contribution in [0.2, 0.25) is 0 Å². The van der Waals surface area contributed by atoms with Gasteiger partial charge in [-0.15, -0.1) is 11.3 Å². The highest BCUT2D eigenvalue weighted by molar-refractivity contribution is 7.09. The Morgan fingerprint density at radius 3 is 3.29 bits per heavy atom. The van der Waals surface area contributed by atoms with Crippen molar-refractivity contribution >= 4 is 17.2 Å². The van der Waals surface area contributed by atoms with E-state index in [1.165, 1.54) is 0 Å². The summed E-state index contributed by atoms with van der Waals surface area (Å²) >= 11 is 1.64. The molecular weight excluding hydrogens is 234 g/mol. The fourth-order valence-corrected chi connectivity index (χ4v) is 3.55. The molecule has 0 bridgehead atoms. The maximum atomic E-state index is 12.1. The predicted octanol–water partition coefficient (Wildman–Crippen LogP) is 1.24. The summed E-state index contributed by atoms with van der Waals surface area (Å²) in [4.78, 5) is 18.4. The summed E-state index contributed by atoms with van der Waals surface area (Å²) in [6, 6.07) is 0.432. The van der Waals surface area contributed by atoms with Gasteiger partial charge in [-0.2, -0.15) is 0 Å². The number of likely N-dealkylation sites (tertiary alicyclic amines) is 1. The normalized spacial score (nSPS) is 29.2. The Morgan fingerprint density at radius 2 is 2.47 bits per heavy atom. The molecule has 2 atom stereocenters. The van der Waals surface area contributed by atoms with Crippen LogP contribution in [-0.2, 0) is 11.3 Å². The Bertz CT molecular complexity index is 392. The third-order valence-corrected chi connectivity index (χ3v) is 4.57. The molecule has 1 N–H and O–H groups in total. The first-order chi connectivity index (χ1) is 8.34. The number of piperidine rings is 2. The van der Waals surface area contributed by atoms with Gasteiger partial charge in [-0.25, -0.2) is 4.98 Å². The first-order valence-corrected chi connectivity index (χ1v) is 7.11. The van der Waals surface area contributed by atoms with Gasteiger partial charge in [0.1, 0.15) is 5.01 Å². The zero-order chi connectivity index (χ0) is 11.7. The quantitative estimate of drug-likeness (QED) is 0.860. The molecule has 1 aromatic rings. The number of carbonyl (C=O) groups is 1. The molecule has 5 heteroatoms. The summed E-state index contributed by atoms with van der Waals surface area (Å²) in [6.45, 7) is 2.80. The van der Waals surface area contributed by atoms with Gasteiger partial charge in [0.15, 0.2) is 0 Å². The smallest absolute Gasteiger partial charge is 0.223 e. The summed E-state index contributed by atoms with van der Waals surface area (Å²) in [5.74, 6) is 0.949. The highest BCUT2D eigenvalue weighted by atomic mass is 32.1. The molecule has 2 fully saturated rings. The molecule has 2 saturated heterocycles. The van der Waals surface area contributed by atoms with E-state index in [2.05, 4.69) is 15.2 Å². The second-order valence-electron chi connectivity index (χ2n) is 4.81. The van der Waals surface area contributed by atoms with Crippen LogP contribution in [0, 0.1) is 5.92 Å². The molecule has 2 aliphatic rings. The highest BCUT2D eigenvalue weighted by Crippen LogP contribution is 2.29. The number of hydrogen-bond acceptors (Lipinski definition) is 4. The number of rotatable bonds is 2. The lowest BCUT2D eigenvalue weighted by Gasteiger charge is -2.43. The second kappa shape index (κ2) is 4.74. The molecule has 4 nitrogen and oxygen atoms in total. The number of carbonyl (C=O) groups excluding carboxylic acids is 1. The van der Waals surface area contributed by atoms with Gasteiger partial charge in [0.2, 0.25) is 5.91 Å². The average molecular weight is 251 g/mol. The number of thiazole rings is 1. The lowest BCUT2D eigenvalue weighted by atomic mass is 9.84. The van der Waals surface area contributed by atoms with E-state index in [1.807, 2.05) is 11.6 Å². The number of hydrogen-bond donors (Lipinski definition) is 1. The molecule has 3 heterocycles. The Labute approximate surface area is 105 Å². The first-order valence-electron chi connectivity index (χ1n) is 6.23. The van der Waals surface area contributed by atoms with Gasteiger partial charge >= 0.3 is 0 Å². The van der Waals surface area contributed by atoms with Crippen molar-refractivity contribution in [3.8, 4) is 0 Å². The van der Waals surface area contributed by atoms with Crippen LogP contribution in [0.4, 0.5) is 0 Å². The van der Waals surface area contributed by atoms with E-state index in [0.717, 1.165) is 30.9 Å². The Balaban J connectivity index is 1.76. The monoisotopic (exact) mass is 251 g/mol. The lowest BCUT2D eigenvalue weighted by molar-refractivity contribution is -0.140. The topological polar surface area (TPSA) is 45.2 Å². The molecule has 0 aromatic carbocycles. The molecule has 0 saturated carbocycles. The summed E-state index contributed by atoms with van der Waals surface area (Å²) in [5, 5.41) is 6.46. The van der Waals surface area contributed by atoms with Crippen LogP contribution in [0.15, 0.2) is 11.6 Å². The fourth-order valence-electron chi connectivity index (χ4n) is 2.93. The van der Waals surface area contributed by atoms with Gasteiger partial charge in [-0.05, 0) is 31.8 Å². The lowest BCUT2D eigenvalue weighted by Crippen LogP contribution is -2.54. The second-order valence-corrected chi connectivity index (χ2v) is 5.79. The summed E-state index contributed by atoms with van der Waals surface area (Å²) in [7, 11) is 0. The van der Waals surface area contributed by atoms with E-state index in [9.17, 15) is 4.79 Å². The third-order valence-electron chi connectivity index (χ3n) is 3.81. The van der Waals surface area contributed by atoms with E-state index in [0.29, 0.717) is 30.8 Å².